The van der Waals surface area contributed by atoms with Crippen molar-refractivity contribution in [1.82, 2.24) is 5.32 Å². The predicted octanol–water partition coefficient (Wildman–Crippen LogP) is 4.21. The summed E-state index contributed by atoms with van der Waals surface area (Å²) in [7, 11) is 0. The Bertz CT molecular complexity index is 596. The van der Waals surface area contributed by atoms with E-state index in [-0.39, 0.29) is 11.7 Å². The number of rotatable bonds is 6. The quantitative estimate of drug-likeness (QED) is 0.840. The molecule has 0 aliphatic heterocycles. The fraction of sp³-hybridized carbons (Fsp3) is 0.333. The Kier molecular flexibility index (Phi) is 5.45. The Morgan fingerprint density at radius 3 is 2.62 bits per heavy atom. The van der Waals surface area contributed by atoms with Gasteiger partial charge in [0.1, 0.15) is 11.6 Å². The van der Waals surface area contributed by atoms with Crippen molar-refractivity contribution < 1.29 is 8.78 Å². The van der Waals surface area contributed by atoms with E-state index >= 15 is 0 Å². The first-order chi connectivity index (χ1) is 10.1. The highest BCUT2D eigenvalue weighted by Gasteiger charge is 2.15. The molecular weight excluding hydrogens is 268 g/mol. The van der Waals surface area contributed by atoms with Crippen LogP contribution in [0.4, 0.5) is 8.78 Å². The van der Waals surface area contributed by atoms with Gasteiger partial charge in [-0.2, -0.15) is 0 Å². The standard InChI is InChI=1S/C18H21F2N/c1-3-21-12-16(14-6-4-5-13(2)9-14)10-15-11-17(19)7-8-18(15)20/h4-9,11,16,21H,3,10,12H2,1-2H3. The summed E-state index contributed by atoms with van der Waals surface area (Å²) in [6.07, 6.45) is 0.486. The zero-order valence-corrected chi connectivity index (χ0v) is 12.5. The lowest BCUT2D eigenvalue weighted by Gasteiger charge is -2.19. The maximum atomic E-state index is 13.9. The Morgan fingerprint density at radius 1 is 1.10 bits per heavy atom. The minimum atomic E-state index is -0.391. The van der Waals surface area contributed by atoms with E-state index in [1.807, 2.05) is 32.0 Å². The van der Waals surface area contributed by atoms with E-state index in [1.54, 1.807) is 0 Å². The molecular formula is C18H21F2N. The lowest BCUT2D eigenvalue weighted by molar-refractivity contribution is 0.551. The molecule has 2 aromatic carbocycles. The fourth-order valence-corrected chi connectivity index (χ4v) is 2.52. The topological polar surface area (TPSA) is 12.0 Å². The van der Waals surface area contributed by atoms with Gasteiger partial charge in [0.2, 0.25) is 0 Å². The normalized spacial score (nSPS) is 12.4. The smallest absolute Gasteiger partial charge is 0.126 e. The molecule has 1 nitrogen and oxygen atoms in total. The third kappa shape index (κ3) is 4.36. The molecule has 1 atom stereocenters. The largest absolute Gasteiger partial charge is 0.316 e. The Morgan fingerprint density at radius 2 is 1.90 bits per heavy atom. The average molecular weight is 289 g/mol. The summed E-state index contributed by atoms with van der Waals surface area (Å²) in [4.78, 5) is 0. The van der Waals surface area contributed by atoms with Crippen molar-refractivity contribution in [2.45, 2.75) is 26.2 Å². The number of hydrogen-bond donors (Lipinski definition) is 1. The van der Waals surface area contributed by atoms with Crippen LogP contribution in [0.2, 0.25) is 0 Å². The van der Waals surface area contributed by atoms with Crippen molar-refractivity contribution in [1.29, 1.82) is 0 Å². The summed E-state index contributed by atoms with van der Waals surface area (Å²) in [5, 5.41) is 3.30. The second-order valence-corrected chi connectivity index (χ2v) is 5.36. The van der Waals surface area contributed by atoms with Crippen molar-refractivity contribution in [2.24, 2.45) is 0 Å². The van der Waals surface area contributed by atoms with Gasteiger partial charge in [-0.15, -0.1) is 0 Å². The van der Waals surface area contributed by atoms with Gasteiger partial charge in [0, 0.05) is 12.5 Å². The minimum Gasteiger partial charge on any atom is -0.316 e. The van der Waals surface area contributed by atoms with E-state index in [1.165, 1.54) is 17.7 Å². The van der Waals surface area contributed by atoms with E-state index in [4.69, 9.17) is 0 Å². The molecule has 2 rings (SSSR count). The first-order valence-electron chi connectivity index (χ1n) is 7.31. The number of benzene rings is 2. The van der Waals surface area contributed by atoms with Crippen LogP contribution in [0, 0.1) is 18.6 Å². The molecule has 112 valence electrons. The van der Waals surface area contributed by atoms with Crippen molar-refractivity contribution in [3.8, 4) is 0 Å². The number of aryl methyl sites for hydroxylation is 1. The zero-order valence-electron chi connectivity index (χ0n) is 12.5. The highest BCUT2D eigenvalue weighted by atomic mass is 19.1. The van der Waals surface area contributed by atoms with Crippen LogP contribution in [0.15, 0.2) is 42.5 Å². The predicted molar refractivity (Wildman–Crippen MR) is 82.5 cm³/mol. The van der Waals surface area contributed by atoms with E-state index in [0.29, 0.717) is 12.0 Å². The van der Waals surface area contributed by atoms with E-state index in [2.05, 4.69) is 11.4 Å². The third-order valence-corrected chi connectivity index (χ3v) is 3.63. The van der Waals surface area contributed by atoms with Crippen molar-refractivity contribution >= 4 is 0 Å². The molecule has 2 aromatic rings. The van der Waals surface area contributed by atoms with Gasteiger partial charge in [0.25, 0.3) is 0 Å². The number of nitrogens with one attached hydrogen (secondary N) is 1. The average Bonchev–Trinajstić information content (AvgIpc) is 2.47. The molecule has 0 bridgehead atoms. The van der Waals surface area contributed by atoms with Crippen molar-refractivity contribution in [3.05, 3.63) is 70.8 Å². The molecule has 0 aliphatic rings. The molecule has 0 saturated carbocycles. The molecule has 0 fully saturated rings. The van der Waals surface area contributed by atoms with Crippen LogP contribution >= 0.6 is 0 Å². The number of halogens is 2. The molecule has 0 radical (unpaired) electrons. The summed E-state index contributed by atoms with van der Waals surface area (Å²) >= 11 is 0. The minimum absolute atomic E-state index is 0.126. The Hall–Kier alpha value is -1.74. The molecule has 1 N–H and O–H groups in total. The molecule has 0 saturated heterocycles. The Labute approximate surface area is 125 Å². The van der Waals surface area contributed by atoms with Crippen LogP contribution in [0.5, 0.6) is 0 Å². The van der Waals surface area contributed by atoms with E-state index in [0.717, 1.165) is 24.7 Å². The Balaban J connectivity index is 2.25. The van der Waals surface area contributed by atoms with Crippen molar-refractivity contribution in [3.63, 3.8) is 0 Å². The SMILES string of the molecule is CCNCC(Cc1cc(F)ccc1F)c1cccc(C)c1. The van der Waals surface area contributed by atoms with Crippen LogP contribution in [0.3, 0.4) is 0 Å². The zero-order chi connectivity index (χ0) is 15.2. The number of likely N-dealkylation sites (N-methyl/N-ethyl adjacent to an activating group) is 1. The summed E-state index contributed by atoms with van der Waals surface area (Å²) in [6.45, 7) is 5.68. The van der Waals surface area contributed by atoms with Gasteiger partial charge in [0.05, 0.1) is 0 Å². The lowest BCUT2D eigenvalue weighted by Crippen LogP contribution is -2.23. The summed E-state index contributed by atoms with van der Waals surface area (Å²) < 4.78 is 27.2. The summed E-state index contributed by atoms with van der Waals surface area (Å²) in [6, 6.07) is 11.9. The highest BCUT2D eigenvalue weighted by Crippen LogP contribution is 2.23. The van der Waals surface area contributed by atoms with Gasteiger partial charge in [-0.25, -0.2) is 8.78 Å². The second-order valence-electron chi connectivity index (χ2n) is 5.36. The molecule has 0 aliphatic carbocycles. The maximum Gasteiger partial charge on any atom is 0.126 e. The molecule has 0 heterocycles. The maximum absolute atomic E-state index is 13.9. The fourth-order valence-electron chi connectivity index (χ4n) is 2.52. The van der Waals surface area contributed by atoms with Crippen LogP contribution < -0.4 is 5.32 Å². The second kappa shape index (κ2) is 7.32. The van der Waals surface area contributed by atoms with Crippen LogP contribution in [-0.4, -0.2) is 13.1 Å². The third-order valence-electron chi connectivity index (χ3n) is 3.63. The molecule has 3 heteroatoms. The molecule has 0 spiro atoms. The van der Waals surface area contributed by atoms with Crippen LogP contribution in [0.25, 0.3) is 0 Å². The van der Waals surface area contributed by atoms with E-state index in [9.17, 15) is 8.78 Å². The highest BCUT2D eigenvalue weighted by molar-refractivity contribution is 5.29. The molecule has 0 aromatic heterocycles. The van der Waals surface area contributed by atoms with E-state index < -0.39 is 5.82 Å². The summed E-state index contributed by atoms with van der Waals surface area (Å²) in [5.74, 6) is -0.607. The molecule has 1 unspecified atom stereocenters. The van der Waals surface area contributed by atoms with Crippen molar-refractivity contribution in [2.75, 3.05) is 13.1 Å². The summed E-state index contributed by atoms with van der Waals surface area (Å²) in [5.41, 5.74) is 2.76. The van der Waals surface area contributed by atoms with Gasteiger partial charge >= 0.3 is 0 Å². The monoisotopic (exact) mass is 289 g/mol. The van der Waals surface area contributed by atoms with Gasteiger partial charge in [-0.05, 0) is 49.2 Å². The van der Waals surface area contributed by atoms with Crippen LogP contribution in [0.1, 0.15) is 29.5 Å². The van der Waals surface area contributed by atoms with Crippen LogP contribution in [-0.2, 0) is 6.42 Å². The molecule has 0 amide bonds. The van der Waals surface area contributed by atoms with Gasteiger partial charge < -0.3 is 5.32 Å². The first kappa shape index (κ1) is 15.6. The van der Waals surface area contributed by atoms with Gasteiger partial charge in [-0.1, -0.05) is 36.8 Å². The van der Waals surface area contributed by atoms with Gasteiger partial charge in [-0.3, -0.25) is 0 Å². The lowest BCUT2D eigenvalue weighted by atomic mass is 9.90. The van der Waals surface area contributed by atoms with Gasteiger partial charge in [0.15, 0.2) is 0 Å². The number of hydrogen-bond acceptors (Lipinski definition) is 1. The first-order valence-corrected chi connectivity index (χ1v) is 7.31. The molecule has 21 heavy (non-hydrogen) atoms.